The summed E-state index contributed by atoms with van der Waals surface area (Å²) in [5, 5.41) is 11.4. The first-order valence-electron chi connectivity index (χ1n) is 13.7. The Labute approximate surface area is 228 Å². The Bertz CT molecular complexity index is 1210. The van der Waals surface area contributed by atoms with E-state index in [9.17, 15) is 24.3 Å². The first-order valence-corrected chi connectivity index (χ1v) is 13.7. The number of ether oxygens (including phenoxy) is 3. The molecule has 0 spiro atoms. The predicted octanol–water partition coefficient (Wildman–Crippen LogP) is 3.80. The predicted molar refractivity (Wildman–Crippen MR) is 137 cm³/mol. The normalized spacial score (nSPS) is 39.4. The fourth-order valence-corrected chi connectivity index (χ4v) is 8.85. The Morgan fingerprint density at radius 2 is 1.90 bits per heavy atom. The van der Waals surface area contributed by atoms with Gasteiger partial charge in [0.2, 0.25) is 0 Å². The van der Waals surface area contributed by atoms with Crippen LogP contribution in [0.1, 0.15) is 65.5 Å². The Morgan fingerprint density at radius 3 is 2.51 bits per heavy atom. The number of Topliss-reactive ketones (excluding diaryl/α,β-unsaturated/α-hetero) is 1. The third-order valence-corrected chi connectivity index (χ3v) is 10.5. The summed E-state index contributed by atoms with van der Waals surface area (Å²) in [7, 11) is 1.19. The fraction of sp³-hybridized carbons (Fsp3) is 0.667. The van der Waals surface area contributed by atoms with Gasteiger partial charge in [0.25, 0.3) is 0 Å². The summed E-state index contributed by atoms with van der Waals surface area (Å²) in [6, 6.07) is 1.80. The minimum Gasteiger partial charge on any atom is -0.472 e. The van der Waals surface area contributed by atoms with Crippen molar-refractivity contribution in [2.24, 2.45) is 45.8 Å². The van der Waals surface area contributed by atoms with Crippen molar-refractivity contribution in [3.05, 3.63) is 35.8 Å². The first-order chi connectivity index (χ1) is 18.3. The second-order valence-electron chi connectivity index (χ2n) is 12.6. The third kappa shape index (κ3) is 3.75. The molecule has 2 bridgehead atoms. The molecule has 9 atom stereocenters. The van der Waals surface area contributed by atoms with Crippen LogP contribution in [0, 0.1) is 45.8 Å². The van der Waals surface area contributed by atoms with Gasteiger partial charge in [-0.2, -0.15) is 0 Å². The van der Waals surface area contributed by atoms with Gasteiger partial charge in [0.05, 0.1) is 44.5 Å². The molecular formula is C30H38O9. The number of rotatable bonds is 5. The molecule has 9 nitrogen and oxygen atoms in total. The van der Waals surface area contributed by atoms with Crippen LogP contribution in [0.4, 0.5) is 0 Å². The summed E-state index contributed by atoms with van der Waals surface area (Å²) < 4.78 is 21.6. The first kappa shape index (κ1) is 27.6. The number of hydrogen-bond acceptors (Lipinski definition) is 9. The molecule has 0 radical (unpaired) electrons. The molecule has 3 fully saturated rings. The number of carbonyl (C=O) groups is 4. The molecule has 0 aromatic carbocycles. The number of methoxy groups -OCH3 is 1. The zero-order valence-corrected chi connectivity index (χ0v) is 23.4. The fourth-order valence-electron chi connectivity index (χ4n) is 8.85. The van der Waals surface area contributed by atoms with Gasteiger partial charge in [-0.3, -0.25) is 14.4 Å². The van der Waals surface area contributed by atoms with Crippen molar-refractivity contribution in [2.75, 3.05) is 13.7 Å². The van der Waals surface area contributed by atoms with Gasteiger partial charge < -0.3 is 23.7 Å². The highest BCUT2D eigenvalue weighted by atomic mass is 16.5. The largest absolute Gasteiger partial charge is 0.472 e. The molecule has 212 valence electrons. The maximum absolute atomic E-state index is 14.4. The highest BCUT2D eigenvalue weighted by molar-refractivity contribution is 5.97. The molecule has 1 saturated heterocycles. The molecule has 3 aliphatic carbocycles. The zero-order valence-electron chi connectivity index (χ0n) is 23.4. The number of carbonyl (C=O) groups excluding carboxylic acids is 4. The maximum atomic E-state index is 14.4. The number of cyclic esters (lactones) is 1. The van der Waals surface area contributed by atoms with Gasteiger partial charge in [0.15, 0.2) is 6.10 Å². The Kier molecular flexibility index (Phi) is 6.60. The van der Waals surface area contributed by atoms with Gasteiger partial charge in [-0.1, -0.05) is 39.3 Å². The number of aliphatic hydroxyl groups excluding tert-OH is 1. The van der Waals surface area contributed by atoms with Crippen LogP contribution in [0.25, 0.3) is 0 Å². The van der Waals surface area contributed by atoms with E-state index in [0.717, 1.165) is 11.1 Å². The van der Waals surface area contributed by atoms with Crippen LogP contribution in [-0.4, -0.2) is 48.6 Å². The molecular weight excluding hydrogens is 504 g/mol. The lowest BCUT2D eigenvalue weighted by Gasteiger charge is -2.64. The van der Waals surface area contributed by atoms with Crippen molar-refractivity contribution in [3.63, 3.8) is 0 Å². The molecule has 39 heavy (non-hydrogen) atoms. The highest BCUT2D eigenvalue weighted by Crippen LogP contribution is 2.69. The maximum Gasteiger partial charge on any atom is 0.335 e. The monoisotopic (exact) mass is 542 g/mol. The van der Waals surface area contributed by atoms with Gasteiger partial charge >= 0.3 is 17.9 Å². The summed E-state index contributed by atoms with van der Waals surface area (Å²) in [4.78, 5) is 53.6. The van der Waals surface area contributed by atoms with E-state index in [0.29, 0.717) is 12.8 Å². The summed E-state index contributed by atoms with van der Waals surface area (Å²) in [5.74, 6) is -5.17. The van der Waals surface area contributed by atoms with Crippen LogP contribution < -0.4 is 0 Å². The number of fused-ring (bicyclic) bond motifs is 6. The van der Waals surface area contributed by atoms with E-state index in [1.165, 1.54) is 7.11 Å². The van der Waals surface area contributed by atoms with E-state index < -0.39 is 58.1 Å². The highest BCUT2D eigenvalue weighted by Gasteiger charge is 2.71. The van der Waals surface area contributed by atoms with E-state index in [-0.39, 0.29) is 36.6 Å². The smallest absolute Gasteiger partial charge is 0.335 e. The average molecular weight is 543 g/mol. The molecule has 0 amide bonds. The lowest BCUT2D eigenvalue weighted by molar-refractivity contribution is -0.201. The Balaban J connectivity index is 1.70. The lowest BCUT2D eigenvalue weighted by Crippen LogP contribution is -2.68. The van der Waals surface area contributed by atoms with E-state index in [1.807, 2.05) is 26.8 Å². The minimum absolute atomic E-state index is 0.131. The van der Waals surface area contributed by atoms with Crippen LogP contribution in [0.2, 0.25) is 0 Å². The second-order valence-corrected chi connectivity index (χ2v) is 12.6. The average Bonchev–Trinajstić information content (AvgIpc) is 3.40. The molecule has 1 aliphatic heterocycles. The van der Waals surface area contributed by atoms with Gasteiger partial charge in [0, 0.05) is 22.3 Å². The molecule has 9 heteroatoms. The van der Waals surface area contributed by atoms with Crippen molar-refractivity contribution < 1.29 is 42.9 Å². The van der Waals surface area contributed by atoms with Crippen LogP contribution in [0.5, 0.6) is 0 Å². The van der Waals surface area contributed by atoms with Crippen LogP contribution >= 0.6 is 0 Å². The van der Waals surface area contributed by atoms with Gasteiger partial charge in [-0.25, -0.2) is 4.79 Å². The number of esters is 3. The lowest BCUT2D eigenvalue weighted by atomic mass is 9.38. The van der Waals surface area contributed by atoms with E-state index in [2.05, 4.69) is 6.92 Å². The molecule has 1 N–H and O–H groups in total. The standard InChI is InChI=1S/C30H38O9/c1-7-38-26(34)21-17-12-16-18(30(5,24(17)33)23(28(21,2)3)22(32)27(35)36-6)8-10-29(4)19(16)13-20(31)39-25(29)15-9-11-37-14-15/h9,11-12,14,17-19,21-23,25,32H,7-8,10,13H2,1-6H3/t17-,18-,19-,21-,22+,23-,25-,29+,30+/m0/s1. The van der Waals surface area contributed by atoms with Crippen LogP contribution in [-0.2, 0) is 33.4 Å². The minimum atomic E-state index is -1.63. The molecule has 5 rings (SSSR count). The summed E-state index contributed by atoms with van der Waals surface area (Å²) in [6.07, 6.45) is 4.28. The quantitative estimate of drug-likeness (QED) is 0.335. The molecule has 1 aromatic heterocycles. The van der Waals surface area contributed by atoms with Gasteiger partial charge in [0.1, 0.15) is 11.9 Å². The van der Waals surface area contributed by atoms with E-state index >= 15 is 0 Å². The van der Waals surface area contributed by atoms with Crippen molar-refractivity contribution in [2.45, 2.75) is 66.1 Å². The van der Waals surface area contributed by atoms with Crippen molar-refractivity contribution in [3.8, 4) is 0 Å². The molecule has 2 saturated carbocycles. The van der Waals surface area contributed by atoms with Crippen molar-refractivity contribution in [1.29, 1.82) is 0 Å². The Hall–Kier alpha value is -2.94. The summed E-state index contributed by atoms with van der Waals surface area (Å²) >= 11 is 0. The Morgan fingerprint density at radius 1 is 1.18 bits per heavy atom. The van der Waals surface area contributed by atoms with Crippen molar-refractivity contribution >= 4 is 23.7 Å². The topological polar surface area (TPSA) is 129 Å². The third-order valence-electron chi connectivity index (χ3n) is 10.5. The molecule has 4 aliphatic rings. The number of aliphatic hydroxyl groups is 1. The van der Waals surface area contributed by atoms with Crippen LogP contribution in [0.15, 0.2) is 34.7 Å². The van der Waals surface area contributed by atoms with E-state index in [4.69, 9.17) is 18.6 Å². The van der Waals surface area contributed by atoms with E-state index in [1.54, 1.807) is 25.5 Å². The molecule has 1 aromatic rings. The summed E-state index contributed by atoms with van der Waals surface area (Å²) in [6.45, 7) is 9.39. The SMILES string of the molecule is CCOC(=O)[C@@H]1[C@@H]2C=C3[C@@H]4CC(=O)O[C@@H](c5ccoc5)[C@]4(C)CC[C@@H]3[C@@](C)(C2=O)[C@@H]([C@@H](O)C(=O)OC)C1(C)C. The number of ketones is 1. The number of allylic oxidation sites excluding steroid dienone is 2. The van der Waals surface area contributed by atoms with Crippen molar-refractivity contribution in [1.82, 2.24) is 0 Å². The molecule has 2 heterocycles. The van der Waals surface area contributed by atoms with Gasteiger partial charge in [-0.05, 0) is 43.1 Å². The van der Waals surface area contributed by atoms with Gasteiger partial charge in [-0.15, -0.1) is 0 Å². The number of hydrogen-bond donors (Lipinski definition) is 1. The molecule has 0 unspecified atom stereocenters. The zero-order chi connectivity index (χ0) is 28.5. The number of furan rings is 1. The second kappa shape index (κ2) is 9.32. The van der Waals surface area contributed by atoms with Crippen LogP contribution in [0.3, 0.4) is 0 Å². The summed E-state index contributed by atoms with van der Waals surface area (Å²) in [5.41, 5.74) is -0.940.